The van der Waals surface area contributed by atoms with Crippen molar-refractivity contribution in [1.29, 1.82) is 0 Å². The van der Waals surface area contributed by atoms with Gasteiger partial charge < -0.3 is 10.6 Å². The van der Waals surface area contributed by atoms with Gasteiger partial charge in [0.2, 0.25) is 0 Å². The van der Waals surface area contributed by atoms with Crippen LogP contribution in [0.25, 0.3) is 0 Å². The van der Waals surface area contributed by atoms with Crippen LogP contribution in [0.3, 0.4) is 0 Å². The highest BCUT2D eigenvalue weighted by molar-refractivity contribution is 7.90. The third kappa shape index (κ3) is 6.04. The highest BCUT2D eigenvalue weighted by Gasteiger charge is 2.09. The Morgan fingerprint density at radius 1 is 1.16 bits per heavy atom. The summed E-state index contributed by atoms with van der Waals surface area (Å²) in [5, 5.41) is 5.83. The van der Waals surface area contributed by atoms with Crippen molar-refractivity contribution < 1.29 is 13.2 Å². The van der Waals surface area contributed by atoms with Gasteiger partial charge in [-0.1, -0.05) is 6.92 Å². The molecule has 1 aromatic rings. The van der Waals surface area contributed by atoms with Crippen LogP contribution in [-0.4, -0.2) is 40.2 Å². The summed E-state index contributed by atoms with van der Waals surface area (Å²) >= 11 is 0. The Hall–Kier alpha value is -1.11. The number of likely N-dealkylation sites (N-methyl/N-ethyl adjacent to an activating group) is 1. The fourth-order valence-corrected chi connectivity index (χ4v) is 2.03. The molecule has 0 atom stereocenters. The third-order valence-corrected chi connectivity index (χ3v) is 3.51. The van der Waals surface area contributed by atoms with Crippen LogP contribution in [0.4, 0.5) is 0 Å². The van der Waals surface area contributed by atoms with Crippen LogP contribution in [0, 0.1) is 0 Å². The average Bonchev–Trinajstić information content (AvgIpc) is 2.33. The van der Waals surface area contributed by atoms with Crippen molar-refractivity contribution in [2.45, 2.75) is 11.8 Å². The number of amides is 1. The van der Waals surface area contributed by atoms with Crippen LogP contribution in [-0.2, 0) is 9.84 Å². The lowest BCUT2D eigenvalue weighted by molar-refractivity contribution is 0.0954. The molecular weight excluding hydrogens is 288 g/mol. The number of hydrogen-bond donors (Lipinski definition) is 2. The Morgan fingerprint density at radius 2 is 1.74 bits per heavy atom. The first-order chi connectivity index (χ1) is 8.45. The van der Waals surface area contributed by atoms with Crippen molar-refractivity contribution in [2.75, 3.05) is 25.9 Å². The second-order valence-corrected chi connectivity index (χ2v) is 5.92. The summed E-state index contributed by atoms with van der Waals surface area (Å²) in [5.74, 6) is -0.201. The summed E-state index contributed by atoms with van der Waals surface area (Å²) in [7, 11) is -3.21. The summed E-state index contributed by atoms with van der Waals surface area (Å²) in [6, 6.07) is 5.90. The fraction of sp³-hybridized carbons (Fsp3) is 0.417. The van der Waals surface area contributed by atoms with E-state index in [1.54, 1.807) is 0 Å². The van der Waals surface area contributed by atoms with E-state index in [9.17, 15) is 13.2 Å². The van der Waals surface area contributed by atoms with E-state index in [0.717, 1.165) is 12.8 Å². The topological polar surface area (TPSA) is 75.3 Å². The minimum atomic E-state index is -3.21. The molecule has 1 amide bonds. The van der Waals surface area contributed by atoms with Gasteiger partial charge >= 0.3 is 0 Å². The lowest BCUT2D eigenvalue weighted by Crippen LogP contribution is -2.31. The number of halogens is 1. The molecule has 0 aliphatic carbocycles. The number of benzene rings is 1. The summed E-state index contributed by atoms with van der Waals surface area (Å²) < 4.78 is 22.5. The molecule has 1 aromatic carbocycles. The van der Waals surface area contributed by atoms with E-state index >= 15 is 0 Å². The molecule has 0 spiro atoms. The first kappa shape index (κ1) is 17.9. The second kappa shape index (κ2) is 8.14. The molecular formula is C12H19ClN2O3S. The number of carbonyl (C=O) groups is 1. The fourth-order valence-electron chi connectivity index (χ4n) is 1.40. The molecule has 5 nitrogen and oxygen atoms in total. The normalized spacial score (nSPS) is 10.6. The van der Waals surface area contributed by atoms with Gasteiger partial charge in [-0.15, -0.1) is 12.4 Å². The van der Waals surface area contributed by atoms with E-state index in [2.05, 4.69) is 10.6 Å². The van der Waals surface area contributed by atoms with Crippen LogP contribution in [0.2, 0.25) is 0 Å². The van der Waals surface area contributed by atoms with E-state index in [1.807, 2.05) is 6.92 Å². The zero-order valence-electron chi connectivity index (χ0n) is 11.0. The summed E-state index contributed by atoms with van der Waals surface area (Å²) in [5.41, 5.74) is 0.457. The Labute approximate surface area is 120 Å². The highest BCUT2D eigenvalue weighted by atomic mass is 35.5. The zero-order valence-corrected chi connectivity index (χ0v) is 12.6. The quantitative estimate of drug-likeness (QED) is 0.764. The van der Waals surface area contributed by atoms with E-state index in [4.69, 9.17) is 0 Å². The zero-order chi connectivity index (χ0) is 13.6. The van der Waals surface area contributed by atoms with Crippen molar-refractivity contribution in [2.24, 2.45) is 0 Å². The molecule has 108 valence electrons. The molecule has 0 aliphatic heterocycles. The molecule has 0 radical (unpaired) electrons. The maximum Gasteiger partial charge on any atom is 0.251 e. The average molecular weight is 307 g/mol. The first-order valence-electron chi connectivity index (χ1n) is 5.74. The van der Waals surface area contributed by atoms with Crippen molar-refractivity contribution in [3.63, 3.8) is 0 Å². The summed E-state index contributed by atoms with van der Waals surface area (Å²) in [6.45, 7) is 4.11. The van der Waals surface area contributed by atoms with Crippen LogP contribution >= 0.6 is 12.4 Å². The molecule has 0 unspecified atom stereocenters. The smallest absolute Gasteiger partial charge is 0.251 e. The summed E-state index contributed by atoms with van der Waals surface area (Å²) in [6.07, 6.45) is 1.14. The lowest BCUT2D eigenvalue weighted by Gasteiger charge is -2.06. The molecule has 19 heavy (non-hydrogen) atoms. The second-order valence-electron chi connectivity index (χ2n) is 3.91. The largest absolute Gasteiger partial charge is 0.351 e. The Balaban J connectivity index is 0.00000324. The Kier molecular flexibility index (Phi) is 7.66. The summed E-state index contributed by atoms with van der Waals surface area (Å²) in [4.78, 5) is 11.9. The number of sulfone groups is 1. The number of carbonyl (C=O) groups excluding carboxylic acids is 1. The molecule has 0 heterocycles. The predicted octanol–water partition coefficient (Wildman–Crippen LogP) is 0.851. The third-order valence-electron chi connectivity index (χ3n) is 2.38. The molecule has 1 rings (SSSR count). The van der Waals surface area contributed by atoms with Crippen LogP contribution in [0.1, 0.15) is 17.3 Å². The Bertz CT molecular complexity index is 500. The molecule has 0 bridgehead atoms. The Morgan fingerprint density at radius 3 is 2.21 bits per heavy atom. The van der Waals surface area contributed by atoms with Gasteiger partial charge in [-0.25, -0.2) is 8.42 Å². The van der Waals surface area contributed by atoms with Crippen LogP contribution in [0.5, 0.6) is 0 Å². The number of nitrogens with one attached hydrogen (secondary N) is 2. The van der Waals surface area contributed by atoms with Gasteiger partial charge in [0.1, 0.15) is 0 Å². The van der Waals surface area contributed by atoms with Crippen molar-refractivity contribution >= 4 is 28.2 Å². The van der Waals surface area contributed by atoms with Crippen molar-refractivity contribution in [3.8, 4) is 0 Å². The standard InChI is InChI=1S/C12H18N2O3S.ClH/c1-3-13-8-9-14-12(15)10-4-6-11(7-5-10)18(2,16)17;/h4-7,13H,3,8-9H2,1-2H3,(H,14,15);1H. The molecule has 0 aliphatic rings. The van der Waals surface area contributed by atoms with E-state index in [1.165, 1.54) is 24.3 Å². The van der Waals surface area contributed by atoms with E-state index in [-0.39, 0.29) is 23.2 Å². The molecule has 0 saturated carbocycles. The molecule has 2 N–H and O–H groups in total. The molecule has 0 aromatic heterocycles. The maximum atomic E-state index is 11.7. The number of rotatable bonds is 6. The number of hydrogen-bond acceptors (Lipinski definition) is 4. The van der Waals surface area contributed by atoms with Gasteiger partial charge in [0.15, 0.2) is 9.84 Å². The van der Waals surface area contributed by atoms with Gasteiger partial charge in [0, 0.05) is 24.9 Å². The van der Waals surface area contributed by atoms with Gasteiger partial charge in [0.25, 0.3) is 5.91 Å². The van der Waals surface area contributed by atoms with Gasteiger partial charge in [-0.3, -0.25) is 4.79 Å². The van der Waals surface area contributed by atoms with Crippen LogP contribution in [0.15, 0.2) is 29.2 Å². The van der Waals surface area contributed by atoms with E-state index < -0.39 is 9.84 Å². The molecule has 0 fully saturated rings. The van der Waals surface area contributed by atoms with Gasteiger partial charge in [0.05, 0.1) is 4.90 Å². The minimum absolute atomic E-state index is 0. The lowest BCUT2D eigenvalue weighted by atomic mass is 10.2. The van der Waals surface area contributed by atoms with Gasteiger partial charge in [-0.2, -0.15) is 0 Å². The van der Waals surface area contributed by atoms with Crippen molar-refractivity contribution in [1.82, 2.24) is 10.6 Å². The van der Waals surface area contributed by atoms with Gasteiger partial charge in [-0.05, 0) is 30.8 Å². The minimum Gasteiger partial charge on any atom is -0.351 e. The maximum absolute atomic E-state index is 11.7. The molecule has 0 saturated heterocycles. The van der Waals surface area contributed by atoms with Crippen LogP contribution < -0.4 is 10.6 Å². The highest BCUT2D eigenvalue weighted by Crippen LogP contribution is 2.10. The van der Waals surface area contributed by atoms with Crippen molar-refractivity contribution in [3.05, 3.63) is 29.8 Å². The monoisotopic (exact) mass is 306 g/mol. The predicted molar refractivity (Wildman–Crippen MR) is 77.7 cm³/mol. The first-order valence-corrected chi connectivity index (χ1v) is 7.63. The van der Waals surface area contributed by atoms with E-state index in [0.29, 0.717) is 18.7 Å². The molecule has 7 heteroatoms. The SMILES string of the molecule is CCNCCNC(=O)c1ccc(S(C)(=O)=O)cc1.Cl.